The molecule has 5 nitrogen and oxygen atoms in total. The summed E-state index contributed by atoms with van der Waals surface area (Å²) in [6, 6.07) is 5.44. The average molecular weight is 277 g/mol. The van der Waals surface area contributed by atoms with Gasteiger partial charge in [0.15, 0.2) is 0 Å². The fourth-order valence-corrected chi connectivity index (χ4v) is 2.63. The van der Waals surface area contributed by atoms with Crippen molar-refractivity contribution in [3.63, 3.8) is 0 Å². The maximum atomic E-state index is 11.9. The van der Waals surface area contributed by atoms with E-state index < -0.39 is 0 Å². The quantitative estimate of drug-likeness (QED) is 0.814. The topological polar surface area (TPSA) is 69.8 Å². The number of amides is 1. The fraction of sp³-hybridized carbons (Fsp3) is 0.533. The highest BCUT2D eigenvalue weighted by atomic mass is 16.3. The van der Waals surface area contributed by atoms with Crippen molar-refractivity contribution in [3.8, 4) is 0 Å². The van der Waals surface area contributed by atoms with Gasteiger partial charge in [-0.3, -0.25) is 4.79 Å². The number of anilines is 2. The van der Waals surface area contributed by atoms with Crippen LogP contribution in [-0.2, 0) is 0 Å². The zero-order chi connectivity index (χ0) is 14.9. The summed E-state index contributed by atoms with van der Waals surface area (Å²) >= 11 is 0. The average Bonchev–Trinajstić information content (AvgIpc) is 2.87. The zero-order valence-electron chi connectivity index (χ0n) is 12.3. The van der Waals surface area contributed by atoms with Gasteiger partial charge in [-0.05, 0) is 31.5 Å². The van der Waals surface area contributed by atoms with Gasteiger partial charge in [0.2, 0.25) is 0 Å². The van der Waals surface area contributed by atoms with Gasteiger partial charge in [-0.2, -0.15) is 0 Å². The second-order valence-corrected chi connectivity index (χ2v) is 5.71. The molecule has 0 bridgehead atoms. The molecular weight excluding hydrogens is 254 g/mol. The number of aliphatic hydroxyl groups is 1. The van der Waals surface area contributed by atoms with E-state index >= 15 is 0 Å². The normalized spacial score (nSPS) is 20.0. The van der Waals surface area contributed by atoms with E-state index in [0.717, 1.165) is 25.2 Å². The molecule has 5 heteroatoms. The number of rotatable bonds is 3. The molecule has 1 aromatic rings. The molecule has 0 aliphatic carbocycles. The van der Waals surface area contributed by atoms with Crippen LogP contribution in [0.3, 0.4) is 0 Å². The molecule has 2 unspecified atom stereocenters. The summed E-state index contributed by atoms with van der Waals surface area (Å²) in [6.07, 6.45) is 0.672. The highest BCUT2D eigenvalue weighted by Gasteiger charge is 2.27. The lowest BCUT2D eigenvalue weighted by Gasteiger charge is -2.22. The Morgan fingerprint density at radius 1 is 1.50 bits per heavy atom. The van der Waals surface area contributed by atoms with Crippen LogP contribution in [0.1, 0.15) is 23.7 Å². The molecule has 0 aromatic heterocycles. The Balaban J connectivity index is 2.17. The predicted octanol–water partition coefficient (Wildman–Crippen LogP) is 1.18. The van der Waals surface area contributed by atoms with E-state index in [-0.39, 0.29) is 17.9 Å². The summed E-state index contributed by atoms with van der Waals surface area (Å²) < 4.78 is 0. The van der Waals surface area contributed by atoms with Gasteiger partial charge in [0, 0.05) is 38.7 Å². The Kier molecular flexibility index (Phi) is 4.18. The summed E-state index contributed by atoms with van der Waals surface area (Å²) in [4.78, 5) is 15.6. The van der Waals surface area contributed by atoms with Crippen LogP contribution in [0.2, 0.25) is 0 Å². The van der Waals surface area contributed by atoms with Crippen molar-refractivity contribution < 1.29 is 9.90 Å². The molecule has 110 valence electrons. The lowest BCUT2D eigenvalue weighted by Crippen LogP contribution is -2.25. The second-order valence-electron chi connectivity index (χ2n) is 5.71. The molecule has 1 aliphatic heterocycles. The summed E-state index contributed by atoms with van der Waals surface area (Å²) in [5, 5.41) is 9.66. The molecule has 0 spiro atoms. The second kappa shape index (κ2) is 5.71. The molecule has 1 heterocycles. The van der Waals surface area contributed by atoms with Crippen molar-refractivity contribution >= 4 is 17.3 Å². The van der Waals surface area contributed by atoms with Gasteiger partial charge in [-0.15, -0.1) is 0 Å². The fourth-order valence-electron chi connectivity index (χ4n) is 2.63. The van der Waals surface area contributed by atoms with E-state index in [1.54, 1.807) is 20.2 Å². The largest absolute Gasteiger partial charge is 0.397 e. The van der Waals surface area contributed by atoms with E-state index in [1.165, 1.54) is 4.90 Å². The van der Waals surface area contributed by atoms with Crippen molar-refractivity contribution in [2.24, 2.45) is 5.92 Å². The Labute approximate surface area is 120 Å². The maximum absolute atomic E-state index is 11.9. The molecule has 0 saturated carbocycles. The number of nitrogen functional groups attached to an aromatic ring is 1. The third-order valence-corrected chi connectivity index (χ3v) is 3.93. The monoisotopic (exact) mass is 277 g/mol. The number of benzene rings is 1. The summed E-state index contributed by atoms with van der Waals surface area (Å²) in [6.45, 7) is 3.53. The highest BCUT2D eigenvalue weighted by Crippen LogP contribution is 2.30. The van der Waals surface area contributed by atoms with Crippen LogP contribution in [0.4, 0.5) is 11.4 Å². The Hall–Kier alpha value is -1.75. The van der Waals surface area contributed by atoms with Crippen LogP contribution in [0, 0.1) is 5.92 Å². The highest BCUT2D eigenvalue weighted by molar-refractivity contribution is 5.95. The number of hydrogen-bond acceptors (Lipinski definition) is 4. The number of hydrogen-bond donors (Lipinski definition) is 2. The van der Waals surface area contributed by atoms with Gasteiger partial charge in [-0.1, -0.05) is 0 Å². The number of nitrogens with two attached hydrogens (primary N) is 1. The standard InChI is InChI=1S/C15H23N3O2/c1-10(19)12-6-7-18(9-12)14-5-4-11(8-13(14)16)15(20)17(2)3/h4-5,8,10,12,19H,6-7,9,16H2,1-3H3. The smallest absolute Gasteiger partial charge is 0.253 e. The third kappa shape index (κ3) is 2.88. The third-order valence-electron chi connectivity index (χ3n) is 3.93. The van der Waals surface area contributed by atoms with Gasteiger partial charge in [-0.25, -0.2) is 0 Å². The first-order valence-corrected chi connectivity index (χ1v) is 6.94. The van der Waals surface area contributed by atoms with Crippen molar-refractivity contribution in [1.82, 2.24) is 4.90 Å². The van der Waals surface area contributed by atoms with E-state index in [9.17, 15) is 9.90 Å². The minimum atomic E-state index is -0.296. The maximum Gasteiger partial charge on any atom is 0.253 e. The van der Waals surface area contributed by atoms with E-state index in [1.807, 2.05) is 19.1 Å². The molecule has 1 fully saturated rings. The molecule has 1 saturated heterocycles. The van der Waals surface area contributed by atoms with Crippen LogP contribution in [0.25, 0.3) is 0 Å². The molecule has 2 atom stereocenters. The van der Waals surface area contributed by atoms with Crippen molar-refractivity contribution in [2.45, 2.75) is 19.4 Å². The van der Waals surface area contributed by atoms with Gasteiger partial charge >= 0.3 is 0 Å². The lowest BCUT2D eigenvalue weighted by molar-refractivity contribution is 0.0827. The van der Waals surface area contributed by atoms with E-state index in [0.29, 0.717) is 11.3 Å². The number of carbonyl (C=O) groups excluding carboxylic acids is 1. The molecule has 1 aromatic carbocycles. The van der Waals surface area contributed by atoms with Crippen LogP contribution >= 0.6 is 0 Å². The Bertz CT molecular complexity index is 500. The van der Waals surface area contributed by atoms with E-state index in [2.05, 4.69) is 4.90 Å². The summed E-state index contributed by atoms with van der Waals surface area (Å²) in [7, 11) is 3.44. The van der Waals surface area contributed by atoms with Crippen LogP contribution in [0.5, 0.6) is 0 Å². The molecular formula is C15H23N3O2. The number of aliphatic hydroxyl groups excluding tert-OH is 1. The van der Waals surface area contributed by atoms with Gasteiger partial charge in [0.1, 0.15) is 0 Å². The predicted molar refractivity (Wildman–Crippen MR) is 80.9 cm³/mol. The van der Waals surface area contributed by atoms with Crippen LogP contribution in [-0.4, -0.2) is 49.2 Å². The first-order valence-electron chi connectivity index (χ1n) is 6.94. The zero-order valence-corrected chi connectivity index (χ0v) is 12.3. The molecule has 1 aliphatic rings. The van der Waals surface area contributed by atoms with Crippen molar-refractivity contribution in [2.75, 3.05) is 37.8 Å². The van der Waals surface area contributed by atoms with Gasteiger partial charge in [0.25, 0.3) is 5.91 Å². The summed E-state index contributed by atoms with van der Waals surface area (Å²) in [5.41, 5.74) is 8.25. The first-order chi connectivity index (χ1) is 9.40. The molecule has 0 radical (unpaired) electrons. The Morgan fingerprint density at radius 2 is 2.20 bits per heavy atom. The minimum Gasteiger partial charge on any atom is -0.397 e. The molecule has 3 N–H and O–H groups in total. The lowest BCUT2D eigenvalue weighted by atomic mass is 10.0. The van der Waals surface area contributed by atoms with Crippen molar-refractivity contribution in [1.29, 1.82) is 0 Å². The molecule has 2 rings (SSSR count). The van der Waals surface area contributed by atoms with Gasteiger partial charge in [0.05, 0.1) is 17.5 Å². The number of carbonyl (C=O) groups is 1. The minimum absolute atomic E-state index is 0.0495. The van der Waals surface area contributed by atoms with Gasteiger partial charge < -0.3 is 20.6 Å². The summed E-state index contributed by atoms with van der Waals surface area (Å²) in [5.74, 6) is 0.240. The molecule has 1 amide bonds. The Morgan fingerprint density at radius 3 is 2.70 bits per heavy atom. The number of nitrogens with zero attached hydrogens (tertiary/aromatic N) is 2. The SMILES string of the molecule is CC(O)C1CCN(c2ccc(C(=O)N(C)C)cc2N)C1. The first kappa shape index (κ1) is 14.7. The van der Waals surface area contributed by atoms with Crippen LogP contribution in [0.15, 0.2) is 18.2 Å². The van der Waals surface area contributed by atoms with Crippen LogP contribution < -0.4 is 10.6 Å². The molecule has 20 heavy (non-hydrogen) atoms. The van der Waals surface area contributed by atoms with E-state index in [4.69, 9.17) is 5.73 Å². The van der Waals surface area contributed by atoms with Crippen molar-refractivity contribution in [3.05, 3.63) is 23.8 Å².